The number of methoxy groups -OCH3 is 1. The first kappa shape index (κ1) is 21.2. The topological polar surface area (TPSA) is 78.5 Å². The molecule has 0 unspecified atom stereocenters. The van der Waals surface area contributed by atoms with E-state index in [1.807, 2.05) is 49.5 Å². The molecule has 3 aromatic carbocycles. The highest BCUT2D eigenvalue weighted by Gasteiger charge is 2.11. The van der Waals surface area contributed by atoms with Crippen molar-refractivity contribution in [2.45, 2.75) is 13.3 Å². The molecule has 0 bridgehead atoms. The molecule has 4 rings (SSSR count). The third-order valence-electron chi connectivity index (χ3n) is 5.31. The van der Waals surface area contributed by atoms with Crippen LogP contribution in [0.3, 0.4) is 0 Å². The van der Waals surface area contributed by atoms with Gasteiger partial charge in [0.15, 0.2) is 0 Å². The highest BCUT2D eigenvalue weighted by Crippen LogP contribution is 2.18. The Labute approximate surface area is 187 Å². The molecule has 6 nitrogen and oxygen atoms in total. The first-order valence-electron chi connectivity index (χ1n) is 10.5. The number of amides is 1. The number of guanidine groups is 1. The zero-order valence-electron chi connectivity index (χ0n) is 18.2. The molecule has 0 spiro atoms. The number of hydrogen-bond acceptors (Lipinski definition) is 3. The molecule has 0 saturated heterocycles. The maximum atomic E-state index is 12.8. The number of anilines is 1. The van der Waals surface area contributed by atoms with Gasteiger partial charge in [0.2, 0.25) is 5.96 Å². The van der Waals surface area contributed by atoms with Crippen molar-refractivity contribution in [2.75, 3.05) is 19.0 Å². The number of rotatable bonds is 6. The van der Waals surface area contributed by atoms with Crippen molar-refractivity contribution < 1.29 is 9.53 Å². The number of aliphatic imine (C=N–C) groups is 1. The number of carbonyl (C=O) groups is 1. The number of carbonyl (C=O) groups excluding carboxylic acids is 1. The summed E-state index contributed by atoms with van der Waals surface area (Å²) in [7, 11) is 1.60. The summed E-state index contributed by atoms with van der Waals surface area (Å²) in [4.78, 5) is 20.8. The van der Waals surface area contributed by atoms with Crippen LogP contribution in [0, 0.1) is 6.92 Å². The van der Waals surface area contributed by atoms with Crippen LogP contribution in [0.4, 0.5) is 5.69 Å². The molecule has 3 N–H and O–H groups in total. The molecule has 0 radical (unpaired) electrons. The smallest absolute Gasteiger partial charge is 0.257 e. The van der Waals surface area contributed by atoms with E-state index in [2.05, 4.69) is 32.7 Å². The monoisotopic (exact) mass is 426 g/mol. The van der Waals surface area contributed by atoms with Crippen LogP contribution >= 0.6 is 0 Å². The number of para-hydroxylation sites is 2. The molecule has 4 aromatic rings. The van der Waals surface area contributed by atoms with Crippen LogP contribution in [0.1, 0.15) is 21.5 Å². The van der Waals surface area contributed by atoms with Gasteiger partial charge in [0, 0.05) is 34.9 Å². The van der Waals surface area contributed by atoms with Crippen molar-refractivity contribution in [2.24, 2.45) is 4.99 Å². The van der Waals surface area contributed by atoms with Crippen molar-refractivity contribution in [3.63, 3.8) is 0 Å². The molecule has 0 saturated carbocycles. The summed E-state index contributed by atoms with van der Waals surface area (Å²) in [5.74, 6) is 0.881. The Kier molecular flexibility index (Phi) is 6.51. The number of fused-ring (bicyclic) bond motifs is 1. The van der Waals surface area contributed by atoms with Gasteiger partial charge in [-0.1, -0.05) is 36.4 Å². The van der Waals surface area contributed by atoms with Gasteiger partial charge in [-0.2, -0.15) is 0 Å². The van der Waals surface area contributed by atoms with Crippen molar-refractivity contribution in [1.82, 2.24) is 10.3 Å². The van der Waals surface area contributed by atoms with Gasteiger partial charge in [0.25, 0.3) is 5.91 Å². The molecule has 0 fully saturated rings. The summed E-state index contributed by atoms with van der Waals surface area (Å²) >= 11 is 0. The molecule has 1 amide bonds. The van der Waals surface area contributed by atoms with Crippen LogP contribution in [0.2, 0.25) is 0 Å². The van der Waals surface area contributed by atoms with Crippen molar-refractivity contribution in [3.05, 3.63) is 95.7 Å². The fraction of sp³-hybridized carbons (Fsp3) is 0.154. The molecule has 1 aromatic heterocycles. The van der Waals surface area contributed by atoms with Crippen LogP contribution in [0.15, 0.2) is 84.0 Å². The van der Waals surface area contributed by atoms with E-state index in [0.29, 0.717) is 23.8 Å². The van der Waals surface area contributed by atoms with E-state index in [-0.39, 0.29) is 5.91 Å². The lowest BCUT2D eigenvalue weighted by Crippen LogP contribution is -2.36. The van der Waals surface area contributed by atoms with Gasteiger partial charge in [-0.3, -0.25) is 15.1 Å². The maximum absolute atomic E-state index is 12.8. The van der Waals surface area contributed by atoms with Gasteiger partial charge >= 0.3 is 0 Å². The summed E-state index contributed by atoms with van der Waals surface area (Å²) in [5, 5.41) is 7.38. The van der Waals surface area contributed by atoms with Crippen LogP contribution in [-0.2, 0) is 6.42 Å². The fourth-order valence-corrected chi connectivity index (χ4v) is 3.50. The summed E-state index contributed by atoms with van der Waals surface area (Å²) in [6.07, 6.45) is 2.77. The molecule has 32 heavy (non-hydrogen) atoms. The number of benzene rings is 3. The van der Waals surface area contributed by atoms with Gasteiger partial charge in [-0.05, 0) is 60.9 Å². The van der Waals surface area contributed by atoms with Crippen LogP contribution in [0.5, 0.6) is 5.75 Å². The molecular formula is C26H26N4O2. The number of nitrogens with zero attached hydrogens (tertiary/aromatic N) is 1. The van der Waals surface area contributed by atoms with E-state index >= 15 is 0 Å². The van der Waals surface area contributed by atoms with E-state index in [9.17, 15) is 4.79 Å². The quantitative estimate of drug-likeness (QED) is 0.302. The Bertz CT molecular complexity index is 1240. The first-order chi connectivity index (χ1) is 15.6. The van der Waals surface area contributed by atoms with Crippen molar-refractivity contribution in [3.8, 4) is 5.75 Å². The lowest BCUT2D eigenvalue weighted by atomic mass is 10.1. The lowest BCUT2D eigenvalue weighted by molar-refractivity contribution is 0.0977. The molecule has 0 atom stereocenters. The number of aromatic nitrogens is 1. The molecule has 0 aliphatic rings. The summed E-state index contributed by atoms with van der Waals surface area (Å²) in [6.45, 7) is 2.54. The first-order valence-corrected chi connectivity index (χ1v) is 10.5. The summed E-state index contributed by atoms with van der Waals surface area (Å²) in [6, 6.07) is 23.1. The molecule has 0 aliphatic carbocycles. The Balaban J connectivity index is 1.52. The number of aryl methyl sites for hydroxylation is 1. The number of H-pyrrole nitrogens is 1. The Morgan fingerprint density at radius 2 is 1.75 bits per heavy atom. The Hall–Kier alpha value is -4.06. The average molecular weight is 427 g/mol. The summed E-state index contributed by atoms with van der Waals surface area (Å²) < 4.78 is 5.17. The molecule has 6 heteroatoms. The average Bonchev–Trinajstić information content (AvgIpc) is 3.23. The standard InChI is InChI=1S/C26H26N4O2/c1-18-7-3-5-9-23(18)29-26(30-25(31)19-11-13-21(32-2)14-12-19)27-16-15-20-17-28-24-10-6-4-8-22(20)24/h3-14,17,28H,15-16H2,1-2H3,(H2,27,29,30,31). The van der Waals surface area contributed by atoms with Gasteiger partial charge < -0.3 is 15.0 Å². The van der Waals surface area contributed by atoms with E-state index in [0.717, 1.165) is 23.2 Å². The van der Waals surface area contributed by atoms with Gasteiger partial charge in [0.1, 0.15) is 5.75 Å². The third kappa shape index (κ3) is 4.98. The minimum Gasteiger partial charge on any atom is -0.497 e. The van der Waals surface area contributed by atoms with Crippen molar-refractivity contribution in [1.29, 1.82) is 0 Å². The van der Waals surface area contributed by atoms with Gasteiger partial charge in [0.05, 0.1) is 7.11 Å². The lowest BCUT2D eigenvalue weighted by Gasteiger charge is -2.14. The molecule has 0 aliphatic heterocycles. The highest BCUT2D eigenvalue weighted by molar-refractivity contribution is 6.10. The second kappa shape index (κ2) is 9.83. The predicted octanol–water partition coefficient (Wildman–Crippen LogP) is 4.93. The Morgan fingerprint density at radius 1 is 1.00 bits per heavy atom. The van der Waals surface area contributed by atoms with Gasteiger partial charge in [-0.15, -0.1) is 0 Å². The number of hydrogen-bond donors (Lipinski definition) is 3. The van der Waals surface area contributed by atoms with Crippen LogP contribution < -0.4 is 15.4 Å². The molecule has 1 heterocycles. The number of ether oxygens (including phenoxy) is 1. The highest BCUT2D eigenvalue weighted by atomic mass is 16.5. The largest absolute Gasteiger partial charge is 0.497 e. The fourth-order valence-electron chi connectivity index (χ4n) is 3.50. The maximum Gasteiger partial charge on any atom is 0.257 e. The van der Waals surface area contributed by atoms with E-state index in [4.69, 9.17) is 4.74 Å². The second-order valence-corrected chi connectivity index (χ2v) is 7.46. The molecular weight excluding hydrogens is 400 g/mol. The molecule has 162 valence electrons. The van der Waals surface area contributed by atoms with E-state index in [1.165, 1.54) is 10.9 Å². The number of aromatic amines is 1. The predicted molar refractivity (Wildman–Crippen MR) is 130 cm³/mol. The number of nitrogens with one attached hydrogen (secondary N) is 3. The van der Waals surface area contributed by atoms with E-state index in [1.54, 1.807) is 31.4 Å². The third-order valence-corrected chi connectivity index (χ3v) is 5.31. The zero-order valence-corrected chi connectivity index (χ0v) is 18.2. The summed E-state index contributed by atoms with van der Waals surface area (Å²) in [5.41, 5.74) is 4.80. The SMILES string of the molecule is COc1ccc(C(=O)NC(=NCCc2c[nH]c3ccccc23)Nc2ccccc2C)cc1. The second-order valence-electron chi connectivity index (χ2n) is 7.46. The minimum absolute atomic E-state index is 0.236. The van der Waals surface area contributed by atoms with Gasteiger partial charge in [-0.25, -0.2) is 0 Å². The minimum atomic E-state index is -0.236. The Morgan fingerprint density at radius 3 is 2.53 bits per heavy atom. The van der Waals surface area contributed by atoms with Crippen LogP contribution in [0.25, 0.3) is 10.9 Å². The zero-order chi connectivity index (χ0) is 22.3. The van der Waals surface area contributed by atoms with E-state index < -0.39 is 0 Å². The van der Waals surface area contributed by atoms with Crippen molar-refractivity contribution >= 4 is 28.5 Å². The van der Waals surface area contributed by atoms with Crippen LogP contribution in [-0.4, -0.2) is 30.5 Å². The normalized spacial score (nSPS) is 11.4.